The first kappa shape index (κ1) is 15.2. The largest absolute Gasteiger partial charge is 0.351 e. The van der Waals surface area contributed by atoms with Crippen LogP contribution in [0.2, 0.25) is 5.02 Å². The summed E-state index contributed by atoms with van der Waals surface area (Å²) in [6, 6.07) is 7.28. The number of nitrogens with zero attached hydrogens (tertiary/aromatic N) is 3. The van der Waals surface area contributed by atoms with Crippen LogP contribution in [0.3, 0.4) is 0 Å². The third-order valence-electron chi connectivity index (χ3n) is 4.16. The summed E-state index contributed by atoms with van der Waals surface area (Å²) in [6.45, 7) is 2.89. The average molecular weight is 345 g/mol. The van der Waals surface area contributed by atoms with E-state index in [0.29, 0.717) is 23.8 Å². The Morgan fingerprint density at radius 1 is 1.33 bits per heavy atom. The highest BCUT2D eigenvalue weighted by Gasteiger charge is 2.16. The molecule has 0 spiro atoms. The van der Waals surface area contributed by atoms with Crippen LogP contribution in [0.5, 0.6) is 0 Å². The van der Waals surface area contributed by atoms with Gasteiger partial charge in [0.2, 0.25) is 0 Å². The first-order valence-corrected chi connectivity index (χ1v) is 8.26. The van der Waals surface area contributed by atoms with Gasteiger partial charge in [-0.1, -0.05) is 11.6 Å². The van der Waals surface area contributed by atoms with E-state index in [4.69, 9.17) is 11.6 Å². The Hall–Kier alpha value is -2.38. The number of amides is 1. The van der Waals surface area contributed by atoms with Crippen LogP contribution < -0.4 is 10.6 Å². The van der Waals surface area contributed by atoms with Crippen molar-refractivity contribution in [3.8, 4) is 0 Å². The van der Waals surface area contributed by atoms with Crippen molar-refractivity contribution in [2.24, 2.45) is 0 Å². The molecule has 1 aliphatic rings. The Morgan fingerprint density at radius 2 is 2.25 bits per heavy atom. The summed E-state index contributed by atoms with van der Waals surface area (Å²) < 4.78 is 2.07. The molecule has 0 unspecified atom stereocenters. The maximum atomic E-state index is 12.4. The van der Waals surface area contributed by atoms with Gasteiger partial charge >= 0.3 is 0 Å². The molecule has 124 valence electrons. The summed E-state index contributed by atoms with van der Waals surface area (Å²) in [5.41, 5.74) is 1.39. The van der Waals surface area contributed by atoms with Crippen molar-refractivity contribution in [2.75, 3.05) is 6.54 Å². The Bertz CT molecular complexity index is 899. The van der Waals surface area contributed by atoms with Crippen molar-refractivity contribution in [3.05, 3.63) is 46.6 Å². The van der Waals surface area contributed by atoms with Gasteiger partial charge in [0.05, 0.1) is 13.1 Å². The number of carbonyl (C=O) groups excluding carboxylic acids is 1. The van der Waals surface area contributed by atoms with Gasteiger partial charge in [0.15, 0.2) is 5.82 Å². The summed E-state index contributed by atoms with van der Waals surface area (Å²) in [4.78, 5) is 15.5. The standard InChI is InChI=1S/C16H17ClN6O/c17-11-2-3-12-10(6-11)7-13(20-12)16(24)19-9-15-22-21-14-8-18-4-1-5-23(14)15/h2-3,6-7,18,20H,1,4-5,8-9H2,(H,19,24). The molecular formula is C16H17ClN6O. The number of aromatic amines is 1. The lowest BCUT2D eigenvalue weighted by Gasteiger charge is -2.07. The second kappa shape index (κ2) is 6.26. The lowest BCUT2D eigenvalue weighted by Crippen LogP contribution is -2.25. The molecule has 4 rings (SSSR count). The minimum atomic E-state index is -0.175. The van der Waals surface area contributed by atoms with Gasteiger partial charge in [-0.05, 0) is 37.2 Å². The fourth-order valence-corrected chi connectivity index (χ4v) is 3.12. The molecule has 0 aliphatic carbocycles. The van der Waals surface area contributed by atoms with E-state index in [2.05, 4.69) is 30.4 Å². The van der Waals surface area contributed by atoms with Gasteiger partial charge in [-0.3, -0.25) is 4.79 Å². The number of benzene rings is 1. The van der Waals surface area contributed by atoms with Crippen LogP contribution in [-0.2, 0) is 19.6 Å². The van der Waals surface area contributed by atoms with Crippen LogP contribution in [0, 0.1) is 0 Å². The highest BCUT2D eigenvalue weighted by Crippen LogP contribution is 2.20. The summed E-state index contributed by atoms with van der Waals surface area (Å²) in [7, 11) is 0. The second-order valence-corrected chi connectivity index (χ2v) is 6.25. The molecule has 2 aromatic heterocycles. The molecule has 0 saturated carbocycles. The van der Waals surface area contributed by atoms with Crippen LogP contribution in [0.25, 0.3) is 10.9 Å². The third kappa shape index (κ3) is 2.88. The van der Waals surface area contributed by atoms with Crippen LogP contribution >= 0.6 is 11.6 Å². The highest BCUT2D eigenvalue weighted by atomic mass is 35.5. The number of carbonyl (C=O) groups is 1. The minimum absolute atomic E-state index is 0.175. The van der Waals surface area contributed by atoms with Crippen LogP contribution in [0.4, 0.5) is 0 Å². The third-order valence-corrected chi connectivity index (χ3v) is 4.39. The molecule has 0 atom stereocenters. The molecule has 3 heterocycles. The zero-order valence-electron chi connectivity index (χ0n) is 13.0. The van der Waals surface area contributed by atoms with Crippen molar-refractivity contribution in [2.45, 2.75) is 26.1 Å². The maximum absolute atomic E-state index is 12.4. The van der Waals surface area contributed by atoms with E-state index in [1.807, 2.05) is 12.1 Å². The Balaban J connectivity index is 1.49. The van der Waals surface area contributed by atoms with E-state index < -0.39 is 0 Å². The predicted molar refractivity (Wildman–Crippen MR) is 90.8 cm³/mol. The second-order valence-electron chi connectivity index (χ2n) is 5.81. The summed E-state index contributed by atoms with van der Waals surface area (Å²) in [5, 5.41) is 16.1. The fourth-order valence-electron chi connectivity index (χ4n) is 2.93. The van der Waals surface area contributed by atoms with E-state index in [-0.39, 0.29) is 5.91 Å². The van der Waals surface area contributed by atoms with Crippen molar-refractivity contribution in [1.82, 2.24) is 30.4 Å². The molecule has 1 aromatic carbocycles. The smallest absolute Gasteiger partial charge is 0.268 e. The Morgan fingerprint density at radius 3 is 3.17 bits per heavy atom. The Kier molecular flexibility index (Phi) is 3.95. The van der Waals surface area contributed by atoms with Crippen molar-refractivity contribution in [1.29, 1.82) is 0 Å². The molecule has 3 aromatic rings. The number of rotatable bonds is 3. The van der Waals surface area contributed by atoms with Gasteiger partial charge in [0, 0.05) is 22.5 Å². The SMILES string of the molecule is O=C(NCc1nnc2n1CCCNC2)c1cc2cc(Cl)ccc2[nH]1. The van der Waals surface area contributed by atoms with Crippen LogP contribution in [-0.4, -0.2) is 32.2 Å². The molecular weight excluding hydrogens is 328 g/mol. The first-order chi connectivity index (χ1) is 11.7. The molecule has 0 radical (unpaired) electrons. The van der Waals surface area contributed by atoms with Crippen LogP contribution in [0.15, 0.2) is 24.3 Å². The molecule has 7 nitrogen and oxygen atoms in total. The van der Waals surface area contributed by atoms with Gasteiger partial charge in [0.1, 0.15) is 11.5 Å². The summed E-state index contributed by atoms with van der Waals surface area (Å²) in [5.74, 6) is 1.52. The molecule has 0 fully saturated rings. The first-order valence-electron chi connectivity index (χ1n) is 7.89. The van der Waals surface area contributed by atoms with E-state index in [9.17, 15) is 4.79 Å². The number of hydrogen-bond acceptors (Lipinski definition) is 4. The molecule has 1 amide bonds. The molecule has 0 saturated heterocycles. The van der Waals surface area contributed by atoms with Gasteiger partial charge in [-0.15, -0.1) is 10.2 Å². The van der Waals surface area contributed by atoms with E-state index >= 15 is 0 Å². The maximum Gasteiger partial charge on any atom is 0.268 e. The molecule has 3 N–H and O–H groups in total. The quantitative estimate of drug-likeness (QED) is 0.676. The van der Waals surface area contributed by atoms with Gasteiger partial charge in [0.25, 0.3) is 5.91 Å². The number of hydrogen-bond donors (Lipinski definition) is 3. The van der Waals surface area contributed by atoms with Crippen molar-refractivity contribution >= 4 is 28.4 Å². The zero-order chi connectivity index (χ0) is 16.5. The monoisotopic (exact) mass is 344 g/mol. The molecule has 1 aliphatic heterocycles. The lowest BCUT2D eigenvalue weighted by atomic mass is 10.2. The number of fused-ring (bicyclic) bond motifs is 2. The van der Waals surface area contributed by atoms with Crippen molar-refractivity contribution in [3.63, 3.8) is 0 Å². The number of halogens is 1. The molecule has 24 heavy (non-hydrogen) atoms. The van der Waals surface area contributed by atoms with E-state index in [0.717, 1.165) is 42.1 Å². The number of nitrogens with one attached hydrogen (secondary N) is 3. The number of H-pyrrole nitrogens is 1. The Labute approximate surface area is 143 Å². The zero-order valence-corrected chi connectivity index (χ0v) is 13.7. The van der Waals surface area contributed by atoms with E-state index in [1.165, 1.54) is 0 Å². The number of aromatic nitrogens is 4. The normalized spacial score (nSPS) is 14.4. The topological polar surface area (TPSA) is 87.6 Å². The van der Waals surface area contributed by atoms with Gasteiger partial charge in [-0.2, -0.15) is 0 Å². The van der Waals surface area contributed by atoms with Gasteiger partial charge < -0.3 is 20.2 Å². The van der Waals surface area contributed by atoms with Gasteiger partial charge in [-0.25, -0.2) is 0 Å². The minimum Gasteiger partial charge on any atom is -0.351 e. The molecule has 0 bridgehead atoms. The highest BCUT2D eigenvalue weighted by molar-refractivity contribution is 6.31. The molecule has 8 heteroatoms. The van der Waals surface area contributed by atoms with E-state index in [1.54, 1.807) is 12.1 Å². The van der Waals surface area contributed by atoms with Crippen molar-refractivity contribution < 1.29 is 4.79 Å². The predicted octanol–water partition coefficient (Wildman–Crippen LogP) is 1.84. The fraction of sp³-hybridized carbons (Fsp3) is 0.312. The lowest BCUT2D eigenvalue weighted by molar-refractivity contribution is 0.0945. The van der Waals surface area contributed by atoms with Crippen LogP contribution in [0.1, 0.15) is 28.6 Å². The summed E-state index contributed by atoms with van der Waals surface area (Å²) in [6.07, 6.45) is 1.02. The average Bonchev–Trinajstić information content (AvgIpc) is 3.09. The summed E-state index contributed by atoms with van der Waals surface area (Å²) >= 11 is 5.98.